The molecule has 1 aliphatic rings. The minimum absolute atomic E-state index is 0. The van der Waals surface area contributed by atoms with E-state index in [0.717, 1.165) is 34.0 Å². The van der Waals surface area contributed by atoms with Crippen LogP contribution in [0.1, 0.15) is 37.2 Å². The molecule has 40 heavy (non-hydrogen) atoms. The van der Waals surface area contributed by atoms with Gasteiger partial charge >= 0.3 is 0 Å². The molecule has 0 bridgehead atoms. The zero-order valence-corrected chi connectivity index (χ0v) is 26.8. The predicted octanol–water partition coefficient (Wildman–Crippen LogP) is 8.36. The van der Waals surface area contributed by atoms with Gasteiger partial charge in [0.05, 0.1) is 8.07 Å². The first-order valence-electron chi connectivity index (χ1n) is 13.8. The predicted molar refractivity (Wildman–Crippen MR) is 164 cm³/mol. The van der Waals surface area contributed by atoms with E-state index in [0.29, 0.717) is 0 Å². The molecule has 3 nitrogen and oxygen atoms in total. The Labute approximate surface area is 253 Å². The molecule has 6 rings (SSSR count). The van der Waals surface area contributed by atoms with Crippen molar-refractivity contribution in [3.8, 4) is 33.6 Å². The van der Waals surface area contributed by atoms with Gasteiger partial charge in [-0.3, -0.25) is 0 Å². The zero-order valence-electron chi connectivity index (χ0n) is 23.4. The summed E-state index contributed by atoms with van der Waals surface area (Å²) < 4.78 is 0. The number of benzene rings is 2. The van der Waals surface area contributed by atoms with Crippen molar-refractivity contribution >= 4 is 13.3 Å². The van der Waals surface area contributed by atoms with Crippen molar-refractivity contribution in [2.24, 2.45) is 0 Å². The molecule has 5 heteroatoms. The quantitative estimate of drug-likeness (QED) is 0.136. The molecule has 1 fully saturated rings. The van der Waals surface area contributed by atoms with Gasteiger partial charge in [0.15, 0.2) is 0 Å². The number of aromatic nitrogens is 3. The van der Waals surface area contributed by atoms with Crippen LogP contribution in [0.3, 0.4) is 0 Å². The molecule has 1 saturated carbocycles. The Morgan fingerprint density at radius 3 is 2.10 bits per heavy atom. The fraction of sp³-hybridized carbons (Fsp3) is 0.229. The third-order valence-corrected chi connectivity index (χ3v) is 9.30. The van der Waals surface area contributed by atoms with E-state index in [-0.39, 0.29) is 20.1 Å². The second-order valence-electron chi connectivity index (χ2n) is 11.1. The van der Waals surface area contributed by atoms with Crippen molar-refractivity contribution in [1.82, 2.24) is 15.0 Å². The van der Waals surface area contributed by atoms with Crippen LogP contribution in [0.4, 0.5) is 0 Å². The maximum absolute atomic E-state index is 4.75. The Morgan fingerprint density at radius 1 is 0.700 bits per heavy atom. The Balaban J connectivity index is 0.000000182. The van der Waals surface area contributed by atoms with Crippen LogP contribution in [0.25, 0.3) is 33.6 Å². The third kappa shape index (κ3) is 7.48. The van der Waals surface area contributed by atoms with Crippen molar-refractivity contribution in [2.45, 2.75) is 51.2 Å². The first kappa shape index (κ1) is 29.7. The molecular weight excluding hydrogens is 683 g/mol. The van der Waals surface area contributed by atoms with E-state index < -0.39 is 8.07 Å². The normalized spacial score (nSPS) is 13.2. The maximum Gasteiger partial charge on any atom is 0.0799 e. The topological polar surface area (TPSA) is 38.7 Å². The average Bonchev–Trinajstić information content (AvgIpc) is 3.54. The molecule has 0 aliphatic heterocycles. The fourth-order valence-corrected chi connectivity index (χ4v) is 6.82. The maximum atomic E-state index is 4.75. The second kappa shape index (κ2) is 13.9. The van der Waals surface area contributed by atoms with Crippen molar-refractivity contribution in [1.29, 1.82) is 0 Å². The van der Waals surface area contributed by atoms with Crippen molar-refractivity contribution in [2.75, 3.05) is 0 Å². The van der Waals surface area contributed by atoms with Crippen molar-refractivity contribution in [3.05, 3.63) is 121 Å². The third-order valence-electron chi connectivity index (χ3n) is 7.27. The average molecular weight is 718 g/mol. The summed E-state index contributed by atoms with van der Waals surface area (Å²) in [4.78, 5) is 13.2. The van der Waals surface area contributed by atoms with Crippen LogP contribution >= 0.6 is 0 Å². The Morgan fingerprint density at radius 2 is 1.43 bits per heavy atom. The van der Waals surface area contributed by atoms with E-state index in [2.05, 4.69) is 84.3 Å². The van der Waals surface area contributed by atoms with Gasteiger partial charge in [-0.15, -0.1) is 53.6 Å². The van der Waals surface area contributed by atoms with Gasteiger partial charge in [0.2, 0.25) is 0 Å². The Hall–Kier alpha value is -3.24. The summed E-state index contributed by atoms with van der Waals surface area (Å²) in [6.45, 7) is 7.28. The molecule has 1 radical (unpaired) electrons. The zero-order chi connectivity index (χ0) is 27.1. The van der Waals surface area contributed by atoms with E-state index in [1.807, 2.05) is 42.6 Å². The summed E-state index contributed by atoms with van der Waals surface area (Å²) in [6, 6.07) is 33.1. The SMILES string of the molecule is C[Si](C)(C)c1cnc(-c2[c-]cccc2)cc1C1CCCC1.[Ir].[c-]1ccncc1-c1cc(-c2ccccc2)ccn1. The molecule has 5 aromatic rings. The van der Waals surface area contributed by atoms with E-state index >= 15 is 0 Å². The van der Waals surface area contributed by atoms with Gasteiger partial charge in [-0.1, -0.05) is 92.9 Å². The number of hydrogen-bond donors (Lipinski definition) is 0. The summed E-state index contributed by atoms with van der Waals surface area (Å²) in [5.74, 6) is 0.747. The van der Waals surface area contributed by atoms with Gasteiger partial charge in [0.25, 0.3) is 0 Å². The van der Waals surface area contributed by atoms with Crippen LogP contribution in [-0.4, -0.2) is 23.0 Å². The first-order chi connectivity index (χ1) is 19.0. The van der Waals surface area contributed by atoms with Crippen LogP contribution in [0, 0.1) is 12.1 Å². The van der Waals surface area contributed by atoms with Gasteiger partial charge in [0, 0.05) is 32.5 Å². The van der Waals surface area contributed by atoms with E-state index in [1.54, 1.807) is 29.2 Å². The minimum atomic E-state index is -1.34. The molecule has 0 spiro atoms. The van der Waals surface area contributed by atoms with E-state index in [1.165, 1.54) is 31.2 Å². The van der Waals surface area contributed by atoms with Gasteiger partial charge in [0.1, 0.15) is 0 Å². The van der Waals surface area contributed by atoms with Crippen molar-refractivity contribution < 1.29 is 20.1 Å². The molecular formula is C35H35IrN3Si-2. The molecule has 205 valence electrons. The summed E-state index contributed by atoms with van der Waals surface area (Å²) in [5, 5.41) is 1.55. The van der Waals surface area contributed by atoms with E-state index in [9.17, 15) is 0 Å². The molecule has 0 saturated heterocycles. The minimum Gasteiger partial charge on any atom is -0.360 e. The molecule has 3 aromatic heterocycles. The Bertz CT molecular complexity index is 1430. The summed E-state index contributed by atoms with van der Waals surface area (Å²) in [5.41, 5.74) is 7.91. The smallest absolute Gasteiger partial charge is 0.0799 e. The molecule has 2 aromatic carbocycles. The summed E-state index contributed by atoms with van der Waals surface area (Å²) in [6.07, 6.45) is 12.9. The standard InChI is InChI=1S/C19H24NSi.C16H11N2.Ir/c1-21(2,3)19-14-20-18(16-11-5-4-6-12-16)13-17(19)15-9-7-8-10-15;1-2-5-13(6-3-1)14-8-10-18-16(11-14)15-7-4-9-17-12-15;/h4-6,11,13-15H,7-10H2,1-3H3;1-6,8-12H;/q2*-1;. The van der Waals surface area contributed by atoms with Crippen LogP contribution in [0.2, 0.25) is 19.6 Å². The Kier molecular flexibility index (Phi) is 10.3. The molecule has 0 amide bonds. The largest absolute Gasteiger partial charge is 0.360 e. The van der Waals surface area contributed by atoms with Gasteiger partial charge in [-0.2, -0.15) is 0 Å². The molecule has 0 N–H and O–H groups in total. The summed E-state index contributed by atoms with van der Waals surface area (Å²) >= 11 is 0. The molecule has 0 unspecified atom stereocenters. The fourth-order valence-electron chi connectivity index (χ4n) is 5.23. The molecule has 0 atom stereocenters. The number of nitrogens with zero attached hydrogens (tertiary/aromatic N) is 3. The monoisotopic (exact) mass is 718 g/mol. The summed E-state index contributed by atoms with van der Waals surface area (Å²) in [7, 11) is -1.34. The number of pyridine rings is 3. The second-order valence-corrected chi connectivity index (χ2v) is 16.2. The van der Waals surface area contributed by atoms with Gasteiger partial charge in [-0.25, -0.2) is 0 Å². The van der Waals surface area contributed by atoms with Crippen LogP contribution in [0.15, 0.2) is 104 Å². The first-order valence-corrected chi connectivity index (χ1v) is 17.3. The number of rotatable bonds is 5. The van der Waals surface area contributed by atoms with E-state index in [4.69, 9.17) is 4.98 Å². The van der Waals surface area contributed by atoms with Crippen LogP contribution in [0.5, 0.6) is 0 Å². The van der Waals surface area contributed by atoms with Gasteiger partial charge < -0.3 is 15.0 Å². The molecule has 3 heterocycles. The van der Waals surface area contributed by atoms with Gasteiger partial charge in [-0.05, 0) is 52.5 Å². The van der Waals surface area contributed by atoms with Crippen LogP contribution in [-0.2, 0) is 20.1 Å². The molecule has 1 aliphatic carbocycles. The van der Waals surface area contributed by atoms with Crippen molar-refractivity contribution in [3.63, 3.8) is 0 Å². The van der Waals surface area contributed by atoms with Crippen LogP contribution < -0.4 is 5.19 Å². The number of hydrogen-bond acceptors (Lipinski definition) is 3.